The van der Waals surface area contributed by atoms with Crippen LogP contribution in [0.4, 0.5) is 0 Å². The monoisotopic (exact) mass is 187 g/mol. The van der Waals surface area contributed by atoms with Crippen molar-refractivity contribution >= 4 is 13.3 Å². The Bertz CT molecular complexity index is 305. The van der Waals surface area contributed by atoms with Gasteiger partial charge in [0.1, 0.15) is 7.85 Å². The van der Waals surface area contributed by atoms with Gasteiger partial charge in [-0.05, 0) is 38.4 Å². The molecule has 14 heavy (non-hydrogen) atoms. The van der Waals surface area contributed by atoms with Crippen LogP contribution in [-0.4, -0.2) is 25.8 Å². The molecule has 1 heterocycles. The second-order valence-corrected chi connectivity index (χ2v) is 4.33. The minimum absolute atomic E-state index is 0.595. The fourth-order valence-corrected chi connectivity index (χ4v) is 2.27. The Kier molecular flexibility index (Phi) is 2.92. The van der Waals surface area contributed by atoms with E-state index < -0.39 is 0 Å². The molecule has 0 radical (unpaired) electrons. The van der Waals surface area contributed by atoms with Gasteiger partial charge in [-0.1, -0.05) is 29.7 Å². The van der Waals surface area contributed by atoms with Crippen LogP contribution in [0.3, 0.4) is 0 Å². The van der Waals surface area contributed by atoms with E-state index in [1.54, 1.807) is 0 Å². The Labute approximate surface area is 87.5 Å². The molecule has 1 unspecified atom stereocenters. The van der Waals surface area contributed by atoms with Gasteiger partial charge in [0.25, 0.3) is 0 Å². The zero-order valence-corrected chi connectivity index (χ0v) is 9.16. The molecule has 0 spiro atoms. The smallest absolute Gasteiger partial charge is 0.139 e. The molecule has 1 nitrogen and oxygen atoms in total. The van der Waals surface area contributed by atoms with Gasteiger partial charge < -0.3 is 0 Å². The summed E-state index contributed by atoms with van der Waals surface area (Å²) in [6.45, 7) is 4.87. The molecule has 0 amide bonds. The highest BCUT2D eigenvalue weighted by molar-refractivity contribution is 6.32. The lowest BCUT2D eigenvalue weighted by molar-refractivity contribution is 0.263. The van der Waals surface area contributed by atoms with E-state index in [1.807, 2.05) is 0 Å². The van der Waals surface area contributed by atoms with Gasteiger partial charge in [-0.25, -0.2) is 0 Å². The van der Waals surface area contributed by atoms with E-state index in [9.17, 15) is 0 Å². The maximum atomic E-state index is 2.58. The van der Waals surface area contributed by atoms with Crippen LogP contribution in [0.1, 0.15) is 31.4 Å². The molecular weight excluding hydrogens is 169 g/mol. The lowest BCUT2D eigenvalue weighted by Crippen LogP contribution is -2.24. The molecular formula is C12H18BN. The van der Waals surface area contributed by atoms with Gasteiger partial charge >= 0.3 is 0 Å². The summed E-state index contributed by atoms with van der Waals surface area (Å²) in [5, 5.41) is 0. The van der Waals surface area contributed by atoms with Crippen molar-refractivity contribution in [2.24, 2.45) is 0 Å². The second kappa shape index (κ2) is 4.18. The first kappa shape index (κ1) is 9.79. The van der Waals surface area contributed by atoms with E-state index in [0.29, 0.717) is 6.04 Å². The Morgan fingerprint density at radius 1 is 1.29 bits per heavy atom. The minimum atomic E-state index is 0.595. The first-order valence-corrected chi connectivity index (χ1v) is 5.58. The first-order valence-electron chi connectivity index (χ1n) is 5.58. The molecule has 2 rings (SSSR count). The summed E-state index contributed by atoms with van der Waals surface area (Å²) < 4.78 is 0. The van der Waals surface area contributed by atoms with Crippen molar-refractivity contribution < 1.29 is 0 Å². The van der Waals surface area contributed by atoms with Crippen LogP contribution in [0.25, 0.3) is 0 Å². The maximum Gasteiger partial charge on any atom is 0.139 e. The largest absolute Gasteiger partial charge is 0.297 e. The van der Waals surface area contributed by atoms with Crippen LogP contribution in [-0.2, 0) is 0 Å². The van der Waals surface area contributed by atoms with Crippen LogP contribution in [0.15, 0.2) is 24.3 Å². The highest BCUT2D eigenvalue weighted by Crippen LogP contribution is 2.23. The van der Waals surface area contributed by atoms with E-state index in [0.717, 1.165) is 0 Å². The summed E-state index contributed by atoms with van der Waals surface area (Å²) in [5.41, 5.74) is 2.83. The molecule has 1 aliphatic heterocycles. The standard InChI is InChI=1S/C12H18BN/c1-10(14-7-2-3-8-14)11-5-4-6-12(13)9-11/h4-6,9-10H,2-3,7-8,13H2,1H3. The average molecular weight is 187 g/mol. The lowest BCUT2D eigenvalue weighted by atomic mass is 9.92. The first-order chi connectivity index (χ1) is 6.77. The van der Waals surface area contributed by atoms with Crippen molar-refractivity contribution in [1.29, 1.82) is 0 Å². The fourth-order valence-electron chi connectivity index (χ4n) is 2.27. The summed E-state index contributed by atoms with van der Waals surface area (Å²) >= 11 is 0. The summed E-state index contributed by atoms with van der Waals surface area (Å²) in [6, 6.07) is 9.48. The number of hydrogen-bond acceptors (Lipinski definition) is 1. The number of likely N-dealkylation sites (tertiary alicyclic amines) is 1. The van der Waals surface area contributed by atoms with Gasteiger partial charge in [0.2, 0.25) is 0 Å². The zero-order valence-electron chi connectivity index (χ0n) is 9.16. The molecule has 0 N–H and O–H groups in total. The molecule has 1 aromatic carbocycles. The van der Waals surface area contributed by atoms with Crippen molar-refractivity contribution in [2.45, 2.75) is 25.8 Å². The van der Waals surface area contributed by atoms with Gasteiger partial charge in [-0.2, -0.15) is 0 Å². The molecule has 74 valence electrons. The van der Waals surface area contributed by atoms with Gasteiger partial charge in [-0.3, -0.25) is 4.90 Å². The highest BCUT2D eigenvalue weighted by atomic mass is 15.2. The molecule has 1 aromatic rings. The van der Waals surface area contributed by atoms with Crippen molar-refractivity contribution in [3.63, 3.8) is 0 Å². The lowest BCUT2D eigenvalue weighted by Gasteiger charge is -2.24. The predicted octanol–water partition coefficient (Wildman–Crippen LogP) is 1.10. The van der Waals surface area contributed by atoms with Crippen LogP contribution in [0.5, 0.6) is 0 Å². The molecule has 0 bridgehead atoms. The second-order valence-electron chi connectivity index (χ2n) is 4.33. The molecule has 1 saturated heterocycles. The summed E-state index contributed by atoms with van der Waals surface area (Å²) in [6.07, 6.45) is 2.74. The van der Waals surface area contributed by atoms with E-state index in [2.05, 4.69) is 43.9 Å². The summed E-state index contributed by atoms with van der Waals surface area (Å²) in [4.78, 5) is 2.58. The molecule has 1 aliphatic rings. The van der Waals surface area contributed by atoms with Gasteiger partial charge in [0.15, 0.2) is 0 Å². The molecule has 1 fully saturated rings. The average Bonchev–Trinajstić information content (AvgIpc) is 2.69. The molecule has 0 aromatic heterocycles. The van der Waals surface area contributed by atoms with Crippen LogP contribution in [0.2, 0.25) is 0 Å². The highest BCUT2D eigenvalue weighted by Gasteiger charge is 2.18. The Hall–Kier alpha value is -0.755. The predicted molar refractivity (Wildman–Crippen MR) is 63.8 cm³/mol. The van der Waals surface area contributed by atoms with Gasteiger partial charge in [0.05, 0.1) is 0 Å². The van der Waals surface area contributed by atoms with E-state index >= 15 is 0 Å². The normalized spacial score (nSPS) is 19.8. The number of hydrogen-bond donors (Lipinski definition) is 0. The topological polar surface area (TPSA) is 3.24 Å². The molecule has 0 aliphatic carbocycles. The Morgan fingerprint density at radius 3 is 2.64 bits per heavy atom. The SMILES string of the molecule is Bc1cccc(C(C)N2CCCC2)c1. The fraction of sp³-hybridized carbons (Fsp3) is 0.500. The van der Waals surface area contributed by atoms with Crippen molar-refractivity contribution in [2.75, 3.05) is 13.1 Å². The third kappa shape index (κ3) is 2.01. The third-order valence-electron chi connectivity index (χ3n) is 3.21. The molecule has 1 atom stereocenters. The molecule has 0 saturated carbocycles. The van der Waals surface area contributed by atoms with Gasteiger partial charge in [0, 0.05) is 6.04 Å². The van der Waals surface area contributed by atoms with Crippen molar-refractivity contribution in [3.8, 4) is 0 Å². The van der Waals surface area contributed by atoms with Crippen LogP contribution in [0, 0.1) is 0 Å². The zero-order chi connectivity index (χ0) is 9.97. The summed E-state index contributed by atoms with van der Waals surface area (Å²) in [5.74, 6) is 0. The number of nitrogens with zero attached hydrogens (tertiary/aromatic N) is 1. The van der Waals surface area contributed by atoms with Crippen molar-refractivity contribution in [1.82, 2.24) is 4.90 Å². The quantitative estimate of drug-likeness (QED) is 0.626. The van der Waals surface area contributed by atoms with Gasteiger partial charge in [-0.15, -0.1) is 0 Å². The Morgan fingerprint density at radius 2 is 2.00 bits per heavy atom. The molecule has 2 heteroatoms. The number of benzene rings is 1. The number of rotatable bonds is 2. The maximum absolute atomic E-state index is 2.58. The third-order valence-corrected chi connectivity index (χ3v) is 3.21. The minimum Gasteiger partial charge on any atom is -0.297 e. The van der Waals surface area contributed by atoms with E-state index in [1.165, 1.54) is 37.0 Å². The van der Waals surface area contributed by atoms with E-state index in [4.69, 9.17) is 0 Å². The van der Waals surface area contributed by atoms with Crippen LogP contribution >= 0.6 is 0 Å². The summed E-state index contributed by atoms with van der Waals surface area (Å²) in [7, 11) is 2.17. The van der Waals surface area contributed by atoms with Crippen molar-refractivity contribution in [3.05, 3.63) is 29.8 Å². The Balaban J connectivity index is 2.13. The van der Waals surface area contributed by atoms with E-state index in [-0.39, 0.29) is 0 Å². The van der Waals surface area contributed by atoms with Crippen LogP contribution < -0.4 is 5.46 Å².